The van der Waals surface area contributed by atoms with Gasteiger partial charge in [0.25, 0.3) is 0 Å². The third-order valence-corrected chi connectivity index (χ3v) is 7.72. The van der Waals surface area contributed by atoms with Crippen LogP contribution in [0, 0.1) is 0 Å². The van der Waals surface area contributed by atoms with Crippen LogP contribution in [0.5, 0.6) is 0 Å². The fraction of sp³-hybridized carbons (Fsp3) is 0.114. The standard InChI is InChI=1S/C35H27Cl2F3N4O3/c1-43(21-33(45)46)34(47)41-27-13-7-22(8-14-27)19-44-20-31(28-15-12-26(36)18-30(28)37)42-32(44)16-11-24-9-10-25(17-29(24)35(38,39)40)23-5-3-2-4-6-23/h2-18,20H,19,21H2,1H3,(H,41,47)(H,45,46)/b16-11+. The van der Waals surface area contributed by atoms with Gasteiger partial charge in [-0.25, -0.2) is 9.78 Å². The van der Waals surface area contributed by atoms with Gasteiger partial charge in [0.05, 0.1) is 16.3 Å². The Morgan fingerprint density at radius 2 is 1.66 bits per heavy atom. The molecule has 0 atom stereocenters. The first-order valence-corrected chi connectivity index (χ1v) is 14.9. The Bertz CT molecular complexity index is 1940. The lowest BCUT2D eigenvalue weighted by Crippen LogP contribution is -2.35. The van der Waals surface area contributed by atoms with Crippen LogP contribution < -0.4 is 5.32 Å². The highest BCUT2D eigenvalue weighted by Crippen LogP contribution is 2.36. The molecule has 1 aromatic heterocycles. The van der Waals surface area contributed by atoms with Crippen molar-refractivity contribution in [3.05, 3.63) is 130 Å². The molecule has 0 aliphatic carbocycles. The molecule has 2 amide bonds. The number of benzene rings is 4. The Balaban J connectivity index is 1.47. The average Bonchev–Trinajstić information content (AvgIpc) is 3.42. The summed E-state index contributed by atoms with van der Waals surface area (Å²) in [6, 6.07) is 24.3. The molecule has 4 aromatic carbocycles. The molecule has 5 rings (SSSR count). The lowest BCUT2D eigenvalue weighted by molar-refractivity contribution is -0.138. The minimum Gasteiger partial charge on any atom is -0.480 e. The van der Waals surface area contributed by atoms with E-state index in [2.05, 4.69) is 5.32 Å². The van der Waals surface area contributed by atoms with Crippen LogP contribution >= 0.6 is 23.2 Å². The molecule has 47 heavy (non-hydrogen) atoms. The third-order valence-electron chi connectivity index (χ3n) is 7.17. The molecule has 1 heterocycles. The normalized spacial score (nSPS) is 11.5. The number of carboxylic acid groups (broad SMARTS) is 1. The number of hydrogen-bond acceptors (Lipinski definition) is 3. The smallest absolute Gasteiger partial charge is 0.417 e. The number of amides is 2. The summed E-state index contributed by atoms with van der Waals surface area (Å²) in [4.78, 5) is 28.9. The maximum absolute atomic E-state index is 14.2. The molecule has 0 fully saturated rings. The first-order chi connectivity index (χ1) is 22.4. The molecule has 5 aromatic rings. The number of carbonyl (C=O) groups is 2. The number of alkyl halides is 3. The number of hydrogen-bond donors (Lipinski definition) is 2. The lowest BCUT2D eigenvalue weighted by Gasteiger charge is -2.15. The summed E-state index contributed by atoms with van der Waals surface area (Å²) in [7, 11) is 1.37. The number of imidazole rings is 1. The Morgan fingerprint density at radius 1 is 0.936 bits per heavy atom. The van der Waals surface area contributed by atoms with Gasteiger partial charge in [0.1, 0.15) is 12.4 Å². The van der Waals surface area contributed by atoms with Gasteiger partial charge >= 0.3 is 18.2 Å². The Kier molecular flexibility index (Phi) is 10.0. The molecule has 2 N–H and O–H groups in total. The van der Waals surface area contributed by atoms with Gasteiger partial charge in [-0.1, -0.05) is 83.9 Å². The van der Waals surface area contributed by atoms with E-state index in [4.69, 9.17) is 33.3 Å². The SMILES string of the molecule is CN(CC(=O)O)C(=O)Nc1ccc(Cn2cc(-c3ccc(Cl)cc3Cl)nc2/C=C/c2ccc(-c3ccccc3)cc2C(F)(F)F)cc1. The Hall–Kier alpha value is -5.06. The van der Waals surface area contributed by atoms with Crippen LogP contribution in [-0.4, -0.2) is 45.2 Å². The van der Waals surface area contributed by atoms with Crippen LogP contribution in [0.25, 0.3) is 34.5 Å². The molecule has 0 aliphatic heterocycles. The van der Waals surface area contributed by atoms with E-state index in [0.717, 1.165) is 16.5 Å². The van der Waals surface area contributed by atoms with Crippen LogP contribution in [0.1, 0.15) is 22.5 Å². The summed E-state index contributed by atoms with van der Waals surface area (Å²) in [5.74, 6) is -0.764. The number of carboxylic acids is 1. The second kappa shape index (κ2) is 14.1. The molecular formula is C35H27Cl2F3N4O3. The number of urea groups is 1. The number of rotatable bonds is 9. The molecule has 0 spiro atoms. The maximum Gasteiger partial charge on any atom is 0.417 e. The summed E-state index contributed by atoms with van der Waals surface area (Å²) >= 11 is 12.5. The van der Waals surface area contributed by atoms with Crippen molar-refractivity contribution in [1.82, 2.24) is 14.5 Å². The quantitative estimate of drug-likeness (QED) is 0.163. The lowest BCUT2D eigenvalue weighted by atomic mass is 9.98. The molecule has 0 aliphatic rings. The van der Waals surface area contributed by atoms with Crippen LogP contribution in [0.15, 0.2) is 97.2 Å². The zero-order valence-corrected chi connectivity index (χ0v) is 26.3. The zero-order valence-electron chi connectivity index (χ0n) is 24.8. The van der Waals surface area contributed by atoms with Gasteiger partial charge in [0.15, 0.2) is 0 Å². The second-order valence-electron chi connectivity index (χ2n) is 10.6. The molecule has 7 nitrogen and oxygen atoms in total. The molecule has 0 unspecified atom stereocenters. The van der Waals surface area contributed by atoms with Crippen molar-refractivity contribution in [1.29, 1.82) is 0 Å². The summed E-state index contributed by atoms with van der Waals surface area (Å²) in [6.45, 7) is -0.174. The van der Waals surface area contributed by atoms with Crippen molar-refractivity contribution in [3.8, 4) is 22.4 Å². The monoisotopic (exact) mass is 678 g/mol. The van der Waals surface area contributed by atoms with Gasteiger partial charge in [0, 0.05) is 36.1 Å². The van der Waals surface area contributed by atoms with Crippen molar-refractivity contribution < 1.29 is 27.9 Å². The number of likely N-dealkylation sites (N-methyl/N-ethyl adjacent to an activating group) is 1. The average molecular weight is 680 g/mol. The van der Waals surface area contributed by atoms with Gasteiger partial charge in [-0.15, -0.1) is 0 Å². The minimum absolute atomic E-state index is 0.0224. The molecular weight excluding hydrogens is 652 g/mol. The maximum atomic E-state index is 14.2. The fourth-order valence-electron chi connectivity index (χ4n) is 4.82. The van der Waals surface area contributed by atoms with E-state index < -0.39 is 30.3 Å². The predicted octanol–water partition coefficient (Wildman–Crippen LogP) is 9.31. The number of anilines is 1. The van der Waals surface area contributed by atoms with Crippen molar-refractivity contribution in [3.63, 3.8) is 0 Å². The first-order valence-electron chi connectivity index (χ1n) is 14.2. The van der Waals surface area contributed by atoms with Crippen molar-refractivity contribution in [2.75, 3.05) is 18.9 Å². The van der Waals surface area contributed by atoms with Crippen LogP contribution in [0.3, 0.4) is 0 Å². The first kappa shape index (κ1) is 33.3. The summed E-state index contributed by atoms with van der Waals surface area (Å²) in [5.41, 5.74) is 2.66. The number of nitrogens with one attached hydrogen (secondary N) is 1. The van der Waals surface area contributed by atoms with E-state index in [-0.39, 0.29) is 12.1 Å². The third kappa shape index (κ3) is 8.41. The number of carbonyl (C=O) groups excluding carboxylic acids is 1. The highest BCUT2D eigenvalue weighted by Gasteiger charge is 2.33. The van der Waals surface area contributed by atoms with Crippen LogP contribution in [-0.2, 0) is 17.5 Å². The number of aliphatic carboxylic acids is 1. The Morgan fingerprint density at radius 3 is 2.32 bits per heavy atom. The minimum atomic E-state index is -4.60. The van der Waals surface area contributed by atoms with Crippen molar-refractivity contribution in [2.45, 2.75) is 12.7 Å². The van der Waals surface area contributed by atoms with E-state index in [0.29, 0.717) is 43.9 Å². The van der Waals surface area contributed by atoms with Crippen LogP contribution in [0.4, 0.5) is 23.7 Å². The van der Waals surface area contributed by atoms with E-state index in [1.807, 2.05) is 0 Å². The topological polar surface area (TPSA) is 87.5 Å². The van der Waals surface area contributed by atoms with Gasteiger partial charge in [-0.3, -0.25) is 4.79 Å². The highest BCUT2D eigenvalue weighted by molar-refractivity contribution is 6.36. The molecule has 0 saturated heterocycles. The molecule has 240 valence electrons. The molecule has 12 heteroatoms. The predicted molar refractivity (Wildman–Crippen MR) is 178 cm³/mol. The molecule has 0 bridgehead atoms. The largest absolute Gasteiger partial charge is 0.480 e. The fourth-order valence-corrected chi connectivity index (χ4v) is 5.33. The van der Waals surface area contributed by atoms with Crippen molar-refractivity contribution in [2.24, 2.45) is 0 Å². The van der Waals surface area contributed by atoms with Crippen LogP contribution in [0.2, 0.25) is 10.0 Å². The second-order valence-corrected chi connectivity index (χ2v) is 11.5. The van der Waals surface area contributed by atoms with E-state index in [1.54, 1.807) is 89.6 Å². The van der Waals surface area contributed by atoms with E-state index >= 15 is 0 Å². The van der Waals surface area contributed by atoms with E-state index in [1.165, 1.54) is 25.3 Å². The number of aromatic nitrogens is 2. The van der Waals surface area contributed by atoms with Gasteiger partial charge in [-0.2, -0.15) is 13.2 Å². The van der Waals surface area contributed by atoms with Gasteiger partial charge < -0.3 is 19.9 Å². The Labute approximate surface area is 278 Å². The van der Waals surface area contributed by atoms with Gasteiger partial charge in [-0.05, 0) is 64.7 Å². The zero-order chi connectivity index (χ0) is 33.7. The molecule has 0 saturated carbocycles. The van der Waals surface area contributed by atoms with Gasteiger partial charge in [0.2, 0.25) is 0 Å². The summed E-state index contributed by atoms with van der Waals surface area (Å²) < 4.78 is 44.4. The number of halogens is 5. The summed E-state index contributed by atoms with van der Waals surface area (Å²) in [5, 5.41) is 12.3. The van der Waals surface area contributed by atoms with Crippen molar-refractivity contribution >= 4 is 53.0 Å². The number of nitrogens with zero attached hydrogens (tertiary/aromatic N) is 3. The van der Waals surface area contributed by atoms with E-state index in [9.17, 15) is 22.8 Å². The summed E-state index contributed by atoms with van der Waals surface area (Å²) in [6.07, 6.45) is 0.0544. The molecule has 0 radical (unpaired) electrons. The highest BCUT2D eigenvalue weighted by atomic mass is 35.5.